The predicted octanol–water partition coefficient (Wildman–Crippen LogP) is 2.84. The van der Waals surface area contributed by atoms with Crippen molar-refractivity contribution in [1.29, 1.82) is 0 Å². The fourth-order valence-electron chi connectivity index (χ4n) is 2.56. The minimum Gasteiger partial charge on any atom is -0.481 e. The van der Waals surface area contributed by atoms with Crippen molar-refractivity contribution in [3.63, 3.8) is 0 Å². The summed E-state index contributed by atoms with van der Waals surface area (Å²) in [5.74, 6) is 0.169. The van der Waals surface area contributed by atoms with E-state index in [1.165, 1.54) is 0 Å². The number of nitrogens with zero attached hydrogens (tertiary/aromatic N) is 4. The van der Waals surface area contributed by atoms with Crippen LogP contribution in [0.3, 0.4) is 0 Å². The SMILES string of the molecule is Cc1c(Br)cccc1-c1nnnn1C(CC(=O)O)C1CC1. The molecular weight excluding hydrogens is 336 g/mol. The number of aliphatic carboxylic acids is 1. The molecule has 1 heterocycles. The summed E-state index contributed by atoms with van der Waals surface area (Å²) < 4.78 is 2.66. The zero-order valence-electron chi connectivity index (χ0n) is 11.5. The Hall–Kier alpha value is -1.76. The lowest BCUT2D eigenvalue weighted by atomic mass is 10.1. The number of rotatable bonds is 5. The first kappa shape index (κ1) is 14.2. The fourth-order valence-corrected chi connectivity index (χ4v) is 2.92. The molecule has 1 N–H and O–H groups in total. The molecule has 21 heavy (non-hydrogen) atoms. The maximum absolute atomic E-state index is 11.1. The molecule has 1 fully saturated rings. The van der Waals surface area contributed by atoms with E-state index in [0.29, 0.717) is 11.7 Å². The molecule has 0 radical (unpaired) electrons. The average Bonchev–Trinajstić information content (AvgIpc) is 3.17. The van der Waals surface area contributed by atoms with Crippen LogP contribution in [0.5, 0.6) is 0 Å². The summed E-state index contributed by atoms with van der Waals surface area (Å²) in [5, 5.41) is 21.1. The number of tetrazole rings is 1. The van der Waals surface area contributed by atoms with Crippen LogP contribution in [0.25, 0.3) is 11.4 Å². The maximum atomic E-state index is 11.1. The van der Waals surface area contributed by atoms with Crippen LogP contribution in [-0.2, 0) is 4.79 Å². The molecule has 0 amide bonds. The summed E-state index contributed by atoms with van der Waals surface area (Å²) in [6.45, 7) is 1.99. The number of carbonyl (C=O) groups is 1. The van der Waals surface area contributed by atoms with Gasteiger partial charge < -0.3 is 5.11 Å². The molecule has 110 valence electrons. The van der Waals surface area contributed by atoms with Crippen LogP contribution in [0.15, 0.2) is 22.7 Å². The number of benzene rings is 1. The van der Waals surface area contributed by atoms with Crippen molar-refractivity contribution in [1.82, 2.24) is 20.2 Å². The third-order valence-electron chi connectivity index (χ3n) is 3.87. The summed E-state index contributed by atoms with van der Waals surface area (Å²) in [6, 6.07) is 5.66. The second-order valence-electron chi connectivity index (χ2n) is 5.36. The molecule has 6 nitrogen and oxygen atoms in total. The monoisotopic (exact) mass is 350 g/mol. The highest BCUT2D eigenvalue weighted by molar-refractivity contribution is 9.10. The molecule has 1 unspecified atom stereocenters. The molecule has 3 rings (SSSR count). The first-order valence-electron chi connectivity index (χ1n) is 6.83. The van der Waals surface area contributed by atoms with Crippen molar-refractivity contribution in [2.45, 2.75) is 32.2 Å². The lowest BCUT2D eigenvalue weighted by Gasteiger charge is -2.16. The standard InChI is InChI=1S/C14H15BrN4O2/c1-8-10(3-2-4-11(8)15)14-16-17-18-19(14)12(7-13(20)21)9-5-6-9/h2-4,9,12H,5-7H2,1H3,(H,20,21). The number of halogens is 1. The lowest BCUT2D eigenvalue weighted by Crippen LogP contribution is -2.18. The van der Waals surface area contributed by atoms with Crippen LogP contribution in [0.1, 0.15) is 30.9 Å². The normalized spacial score (nSPS) is 15.9. The van der Waals surface area contributed by atoms with Crippen molar-refractivity contribution in [2.24, 2.45) is 5.92 Å². The fraction of sp³-hybridized carbons (Fsp3) is 0.429. The second kappa shape index (κ2) is 5.55. The van der Waals surface area contributed by atoms with Gasteiger partial charge in [-0.15, -0.1) is 5.10 Å². The number of carboxylic acid groups (broad SMARTS) is 1. The van der Waals surface area contributed by atoms with E-state index in [1.807, 2.05) is 25.1 Å². The summed E-state index contributed by atoms with van der Waals surface area (Å²) in [4.78, 5) is 11.1. The van der Waals surface area contributed by atoms with Gasteiger partial charge in [-0.25, -0.2) is 4.68 Å². The van der Waals surface area contributed by atoms with E-state index in [4.69, 9.17) is 5.11 Å². The molecule has 0 saturated heterocycles. The van der Waals surface area contributed by atoms with Crippen LogP contribution in [-0.4, -0.2) is 31.3 Å². The summed E-state index contributed by atoms with van der Waals surface area (Å²) in [5.41, 5.74) is 1.96. The largest absolute Gasteiger partial charge is 0.481 e. The van der Waals surface area contributed by atoms with Crippen molar-refractivity contribution >= 4 is 21.9 Å². The smallest absolute Gasteiger partial charge is 0.305 e. The van der Waals surface area contributed by atoms with Gasteiger partial charge >= 0.3 is 5.97 Å². The summed E-state index contributed by atoms with van der Waals surface area (Å²) in [6.07, 6.45) is 2.12. The number of hydrogen-bond donors (Lipinski definition) is 1. The van der Waals surface area contributed by atoms with Crippen molar-refractivity contribution in [2.75, 3.05) is 0 Å². The first-order valence-corrected chi connectivity index (χ1v) is 7.62. The van der Waals surface area contributed by atoms with Crippen molar-refractivity contribution in [3.8, 4) is 11.4 Å². The third kappa shape index (κ3) is 2.83. The van der Waals surface area contributed by atoms with Gasteiger partial charge in [0.2, 0.25) is 0 Å². The Morgan fingerprint density at radius 3 is 2.95 bits per heavy atom. The molecule has 1 aliphatic rings. The molecule has 1 aromatic carbocycles. The molecule has 0 aliphatic heterocycles. The molecule has 0 bridgehead atoms. The number of hydrogen-bond acceptors (Lipinski definition) is 4. The average molecular weight is 351 g/mol. The van der Waals surface area contributed by atoms with Gasteiger partial charge in [-0.2, -0.15) is 0 Å². The highest BCUT2D eigenvalue weighted by atomic mass is 79.9. The summed E-state index contributed by atoms with van der Waals surface area (Å²) >= 11 is 3.50. The molecule has 1 aliphatic carbocycles. The highest BCUT2D eigenvalue weighted by Crippen LogP contribution is 2.42. The molecule has 2 aromatic rings. The second-order valence-corrected chi connectivity index (χ2v) is 6.22. The molecular formula is C14H15BrN4O2. The first-order chi connectivity index (χ1) is 10.1. The van der Waals surface area contributed by atoms with E-state index in [9.17, 15) is 4.79 Å². The van der Waals surface area contributed by atoms with E-state index < -0.39 is 5.97 Å². The minimum absolute atomic E-state index is 0.0513. The van der Waals surface area contributed by atoms with Crippen molar-refractivity contribution < 1.29 is 9.90 Å². The Morgan fingerprint density at radius 1 is 1.52 bits per heavy atom. The highest BCUT2D eigenvalue weighted by Gasteiger charge is 2.36. The van der Waals surface area contributed by atoms with Crippen LogP contribution in [0.4, 0.5) is 0 Å². The molecule has 1 atom stereocenters. The zero-order valence-corrected chi connectivity index (χ0v) is 13.1. The Labute approximate surface area is 130 Å². The van der Waals surface area contributed by atoms with E-state index in [0.717, 1.165) is 28.4 Å². The van der Waals surface area contributed by atoms with Gasteiger partial charge in [-0.1, -0.05) is 28.1 Å². The molecule has 1 saturated carbocycles. The zero-order chi connectivity index (χ0) is 15.0. The van der Waals surface area contributed by atoms with Gasteiger partial charge in [0.05, 0.1) is 12.5 Å². The van der Waals surface area contributed by atoms with E-state index >= 15 is 0 Å². The van der Waals surface area contributed by atoms with Gasteiger partial charge in [0, 0.05) is 10.0 Å². The van der Waals surface area contributed by atoms with E-state index in [-0.39, 0.29) is 12.5 Å². The van der Waals surface area contributed by atoms with Crippen LogP contribution < -0.4 is 0 Å². The van der Waals surface area contributed by atoms with Crippen LogP contribution >= 0.6 is 15.9 Å². The van der Waals surface area contributed by atoms with Gasteiger partial charge in [-0.05, 0) is 47.7 Å². The Kier molecular flexibility index (Phi) is 3.75. The lowest BCUT2D eigenvalue weighted by molar-refractivity contribution is -0.138. The molecule has 1 aromatic heterocycles. The molecule has 7 heteroatoms. The Bertz CT molecular complexity index is 681. The summed E-state index contributed by atoms with van der Waals surface area (Å²) in [7, 11) is 0. The minimum atomic E-state index is -0.820. The van der Waals surface area contributed by atoms with Crippen LogP contribution in [0, 0.1) is 12.8 Å². The quantitative estimate of drug-likeness (QED) is 0.896. The van der Waals surface area contributed by atoms with Gasteiger partial charge in [0.1, 0.15) is 0 Å². The Morgan fingerprint density at radius 2 is 2.29 bits per heavy atom. The topological polar surface area (TPSA) is 80.9 Å². The van der Waals surface area contributed by atoms with E-state index in [1.54, 1.807) is 4.68 Å². The van der Waals surface area contributed by atoms with Gasteiger partial charge in [-0.3, -0.25) is 4.79 Å². The van der Waals surface area contributed by atoms with Gasteiger partial charge in [0.15, 0.2) is 5.82 Å². The molecule has 0 spiro atoms. The number of carboxylic acids is 1. The van der Waals surface area contributed by atoms with Gasteiger partial charge in [0.25, 0.3) is 0 Å². The third-order valence-corrected chi connectivity index (χ3v) is 4.72. The Balaban J connectivity index is 2.03. The van der Waals surface area contributed by atoms with Crippen LogP contribution in [0.2, 0.25) is 0 Å². The maximum Gasteiger partial charge on any atom is 0.305 e. The van der Waals surface area contributed by atoms with Crippen molar-refractivity contribution in [3.05, 3.63) is 28.2 Å². The van der Waals surface area contributed by atoms with E-state index in [2.05, 4.69) is 31.5 Å². The predicted molar refractivity (Wildman–Crippen MR) is 79.7 cm³/mol. The number of aromatic nitrogens is 4.